The van der Waals surface area contributed by atoms with Gasteiger partial charge in [-0.05, 0) is 31.4 Å². The van der Waals surface area contributed by atoms with Crippen LogP contribution in [0.4, 0.5) is 0 Å². The Morgan fingerprint density at radius 3 is 2.83 bits per heavy atom. The van der Waals surface area contributed by atoms with Crippen LogP contribution in [0.1, 0.15) is 29.4 Å². The highest BCUT2D eigenvalue weighted by molar-refractivity contribution is 5.89. The predicted octanol–water partition coefficient (Wildman–Crippen LogP) is 0.624. The Labute approximate surface area is 105 Å². The molecule has 0 saturated carbocycles. The monoisotopic (exact) mass is 254 g/mol. The van der Waals surface area contributed by atoms with E-state index in [-0.39, 0.29) is 0 Å². The van der Waals surface area contributed by atoms with Gasteiger partial charge in [0.05, 0.1) is 13.7 Å². The summed E-state index contributed by atoms with van der Waals surface area (Å²) in [4.78, 5) is 25.6. The second-order valence-corrected chi connectivity index (χ2v) is 3.77. The van der Waals surface area contributed by atoms with Crippen molar-refractivity contribution in [2.45, 2.75) is 25.8 Å². The summed E-state index contributed by atoms with van der Waals surface area (Å²) in [5.41, 5.74) is 6.82. The number of carbonyl (C=O) groups is 2. The van der Waals surface area contributed by atoms with E-state index in [1.165, 1.54) is 7.11 Å². The minimum Gasteiger partial charge on any atom is -0.468 e. The van der Waals surface area contributed by atoms with Gasteiger partial charge in [0.25, 0.3) is 0 Å². The van der Waals surface area contributed by atoms with Gasteiger partial charge in [-0.2, -0.15) is 0 Å². The molecule has 0 bridgehead atoms. The van der Waals surface area contributed by atoms with Gasteiger partial charge in [-0.25, -0.2) is 4.79 Å². The van der Waals surface area contributed by atoms with Crippen molar-refractivity contribution >= 4 is 11.9 Å². The summed E-state index contributed by atoms with van der Waals surface area (Å²) in [6, 6.07) is 1.09. The van der Waals surface area contributed by atoms with E-state index < -0.39 is 18.0 Å². The molecular weight excluding hydrogens is 236 g/mol. The maximum atomic E-state index is 11.6. The number of methoxy groups -OCH3 is 1. The van der Waals surface area contributed by atoms with Crippen molar-refractivity contribution in [3.05, 3.63) is 23.5 Å². The molecule has 0 spiro atoms. The minimum atomic E-state index is -0.681. The maximum Gasteiger partial charge on any atom is 0.355 e. The van der Waals surface area contributed by atoms with Gasteiger partial charge >= 0.3 is 11.9 Å². The van der Waals surface area contributed by atoms with Crippen LogP contribution in [0.5, 0.6) is 0 Å². The minimum absolute atomic E-state index is 0.318. The molecule has 1 rings (SSSR count). The lowest BCUT2D eigenvalue weighted by molar-refractivity contribution is -0.142. The highest BCUT2D eigenvalue weighted by atomic mass is 16.5. The number of esters is 2. The molecule has 1 heterocycles. The first-order valence-corrected chi connectivity index (χ1v) is 5.77. The third-order valence-corrected chi connectivity index (χ3v) is 2.54. The molecule has 1 aromatic heterocycles. The molecule has 0 fully saturated rings. The van der Waals surface area contributed by atoms with E-state index in [1.807, 2.05) is 0 Å². The standard InChI is InChI=1S/C12H18N2O4/c1-3-18-12(16)10-8(6-7-14-10)4-5-9(13)11(15)17-2/h6-7,9,14H,3-5,13H2,1-2H3. The SMILES string of the molecule is CCOC(=O)c1[nH]ccc1CCC(N)C(=O)OC. The Morgan fingerprint density at radius 2 is 2.22 bits per heavy atom. The molecule has 1 atom stereocenters. The fourth-order valence-corrected chi connectivity index (χ4v) is 1.58. The van der Waals surface area contributed by atoms with Crippen molar-refractivity contribution in [2.75, 3.05) is 13.7 Å². The highest BCUT2D eigenvalue weighted by Crippen LogP contribution is 2.12. The van der Waals surface area contributed by atoms with Crippen molar-refractivity contribution in [1.82, 2.24) is 4.98 Å². The Hall–Kier alpha value is -1.82. The van der Waals surface area contributed by atoms with Crippen LogP contribution in [0.2, 0.25) is 0 Å². The second kappa shape index (κ2) is 6.80. The molecule has 0 saturated heterocycles. The summed E-state index contributed by atoms with van der Waals surface area (Å²) in [5.74, 6) is -0.854. The van der Waals surface area contributed by atoms with E-state index in [2.05, 4.69) is 9.72 Å². The number of nitrogens with two attached hydrogens (primary N) is 1. The molecule has 18 heavy (non-hydrogen) atoms. The van der Waals surface area contributed by atoms with Gasteiger partial charge in [0.1, 0.15) is 11.7 Å². The van der Waals surface area contributed by atoms with Crippen LogP contribution >= 0.6 is 0 Å². The lowest BCUT2D eigenvalue weighted by Gasteiger charge is -2.09. The number of aromatic amines is 1. The summed E-state index contributed by atoms with van der Waals surface area (Å²) < 4.78 is 9.44. The first-order chi connectivity index (χ1) is 8.60. The van der Waals surface area contributed by atoms with Crippen LogP contribution in [-0.2, 0) is 20.7 Å². The van der Waals surface area contributed by atoms with Crippen LogP contribution in [0.25, 0.3) is 0 Å². The van der Waals surface area contributed by atoms with Gasteiger partial charge < -0.3 is 20.2 Å². The Kier molecular flexibility index (Phi) is 5.38. The molecule has 0 radical (unpaired) electrons. The van der Waals surface area contributed by atoms with Crippen LogP contribution in [-0.4, -0.2) is 36.7 Å². The zero-order valence-electron chi connectivity index (χ0n) is 10.6. The summed E-state index contributed by atoms with van der Waals surface area (Å²) >= 11 is 0. The van der Waals surface area contributed by atoms with Gasteiger partial charge in [0.15, 0.2) is 0 Å². The third kappa shape index (κ3) is 3.59. The molecule has 6 heteroatoms. The number of H-pyrrole nitrogens is 1. The van der Waals surface area contributed by atoms with Gasteiger partial charge in [-0.1, -0.05) is 0 Å². The summed E-state index contributed by atoms with van der Waals surface area (Å²) in [6.07, 6.45) is 2.58. The van der Waals surface area contributed by atoms with Crippen molar-refractivity contribution in [3.8, 4) is 0 Å². The molecule has 1 unspecified atom stereocenters. The smallest absolute Gasteiger partial charge is 0.355 e. The summed E-state index contributed by atoms with van der Waals surface area (Å²) in [5, 5.41) is 0. The van der Waals surface area contributed by atoms with Crippen LogP contribution in [0, 0.1) is 0 Å². The van der Waals surface area contributed by atoms with Gasteiger partial charge in [0, 0.05) is 6.20 Å². The van der Waals surface area contributed by atoms with Crippen LogP contribution in [0.15, 0.2) is 12.3 Å². The summed E-state index contributed by atoms with van der Waals surface area (Å²) in [6.45, 7) is 2.06. The topological polar surface area (TPSA) is 94.4 Å². The maximum absolute atomic E-state index is 11.6. The Balaban J connectivity index is 2.60. The molecule has 0 aliphatic heterocycles. The van der Waals surface area contributed by atoms with E-state index >= 15 is 0 Å². The number of carbonyl (C=O) groups excluding carboxylic acids is 2. The number of ether oxygens (including phenoxy) is 2. The zero-order valence-corrected chi connectivity index (χ0v) is 10.6. The van der Waals surface area contributed by atoms with Gasteiger partial charge in [-0.3, -0.25) is 4.79 Å². The number of rotatable bonds is 6. The average Bonchev–Trinajstić information content (AvgIpc) is 2.83. The lowest BCUT2D eigenvalue weighted by atomic mass is 10.1. The van der Waals surface area contributed by atoms with E-state index in [9.17, 15) is 9.59 Å². The lowest BCUT2D eigenvalue weighted by Crippen LogP contribution is -2.32. The normalized spacial score (nSPS) is 11.9. The van der Waals surface area contributed by atoms with Crippen LogP contribution in [0.3, 0.4) is 0 Å². The summed E-state index contributed by atoms with van der Waals surface area (Å²) in [7, 11) is 1.29. The molecule has 6 nitrogen and oxygen atoms in total. The third-order valence-electron chi connectivity index (χ3n) is 2.54. The Bertz CT molecular complexity index is 414. The molecule has 100 valence electrons. The Morgan fingerprint density at radius 1 is 1.50 bits per heavy atom. The number of nitrogens with one attached hydrogen (secondary N) is 1. The van der Waals surface area contributed by atoms with Crippen molar-refractivity contribution in [1.29, 1.82) is 0 Å². The first kappa shape index (κ1) is 14.2. The number of aromatic nitrogens is 1. The van der Waals surface area contributed by atoms with E-state index in [1.54, 1.807) is 19.2 Å². The molecule has 0 aliphatic carbocycles. The van der Waals surface area contributed by atoms with E-state index in [0.717, 1.165) is 5.56 Å². The number of aryl methyl sites for hydroxylation is 1. The fraction of sp³-hybridized carbons (Fsp3) is 0.500. The molecular formula is C12H18N2O4. The van der Waals surface area contributed by atoms with E-state index in [4.69, 9.17) is 10.5 Å². The van der Waals surface area contributed by atoms with Crippen molar-refractivity contribution < 1.29 is 19.1 Å². The molecule has 3 N–H and O–H groups in total. The van der Waals surface area contributed by atoms with Gasteiger partial charge in [0.2, 0.25) is 0 Å². The van der Waals surface area contributed by atoms with Crippen molar-refractivity contribution in [3.63, 3.8) is 0 Å². The van der Waals surface area contributed by atoms with E-state index in [0.29, 0.717) is 25.1 Å². The molecule has 0 aliphatic rings. The molecule has 0 amide bonds. The molecule has 1 aromatic rings. The number of hydrogen-bond acceptors (Lipinski definition) is 5. The second-order valence-electron chi connectivity index (χ2n) is 3.77. The van der Waals surface area contributed by atoms with Crippen LogP contribution < -0.4 is 5.73 Å². The van der Waals surface area contributed by atoms with Crippen molar-refractivity contribution in [2.24, 2.45) is 5.73 Å². The van der Waals surface area contributed by atoms with Gasteiger partial charge in [-0.15, -0.1) is 0 Å². The fourth-order valence-electron chi connectivity index (χ4n) is 1.58. The zero-order chi connectivity index (χ0) is 13.5. The average molecular weight is 254 g/mol. The largest absolute Gasteiger partial charge is 0.468 e. The first-order valence-electron chi connectivity index (χ1n) is 5.77. The molecule has 0 aromatic carbocycles. The number of hydrogen-bond donors (Lipinski definition) is 2. The highest BCUT2D eigenvalue weighted by Gasteiger charge is 2.17. The predicted molar refractivity (Wildman–Crippen MR) is 65.1 cm³/mol. The quantitative estimate of drug-likeness (QED) is 0.726.